The number of nitrogens with one attached hydrogen (secondary N) is 2. The van der Waals surface area contributed by atoms with Crippen LogP contribution in [0, 0.1) is 5.92 Å². The standard InChI is InChI=1S/C18H21N3O4/c22-15-13-9-18(10-13,16(23)19-15)20-14-3-1-11(2-4-14)12-5-7-21(8-6-12)17(24)25/h1-4,12-13,20H,5-10H2,(H,24,25)(H,19,22,23). The average molecular weight is 343 g/mol. The van der Waals surface area contributed by atoms with Crippen molar-refractivity contribution in [3.63, 3.8) is 0 Å². The summed E-state index contributed by atoms with van der Waals surface area (Å²) in [4.78, 5) is 36.1. The molecule has 0 atom stereocenters. The highest BCUT2D eigenvalue weighted by molar-refractivity contribution is 6.08. The van der Waals surface area contributed by atoms with Crippen molar-refractivity contribution in [2.45, 2.75) is 37.1 Å². The lowest BCUT2D eigenvalue weighted by Gasteiger charge is -2.50. The highest BCUT2D eigenvalue weighted by atomic mass is 16.4. The number of carbonyl (C=O) groups excluding carboxylic acids is 2. The number of rotatable bonds is 3. The second-order valence-electron chi connectivity index (χ2n) is 7.30. The highest BCUT2D eigenvalue weighted by Gasteiger charge is 2.57. The summed E-state index contributed by atoms with van der Waals surface area (Å²) in [6.45, 7) is 1.14. The van der Waals surface area contributed by atoms with Gasteiger partial charge in [0, 0.05) is 24.7 Å². The van der Waals surface area contributed by atoms with Crippen LogP contribution < -0.4 is 10.6 Å². The number of fused-ring (bicyclic) bond motifs is 2. The van der Waals surface area contributed by atoms with E-state index in [0.717, 1.165) is 18.5 Å². The van der Waals surface area contributed by atoms with Crippen LogP contribution in [-0.4, -0.2) is 46.5 Å². The maximum absolute atomic E-state index is 12.1. The Morgan fingerprint density at radius 2 is 1.76 bits per heavy atom. The molecule has 0 radical (unpaired) electrons. The van der Waals surface area contributed by atoms with Crippen LogP contribution in [-0.2, 0) is 9.59 Å². The summed E-state index contributed by atoms with van der Waals surface area (Å²) in [6, 6.07) is 8.01. The van der Waals surface area contributed by atoms with Crippen LogP contribution in [0.15, 0.2) is 24.3 Å². The van der Waals surface area contributed by atoms with Gasteiger partial charge >= 0.3 is 6.09 Å². The lowest BCUT2D eigenvalue weighted by Crippen LogP contribution is -2.69. The van der Waals surface area contributed by atoms with Crippen LogP contribution in [0.4, 0.5) is 10.5 Å². The summed E-state index contributed by atoms with van der Waals surface area (Å²) in [6.07, 6.45) is 1.94. The van der Waals surface area contributed by atoms with Crippen LogP contribution in [0.3, 0.4) is 0 Å². The molecule has 5 rings (SSSR count). The molecule has 0 spiro atoms. The molecule has 7 nitrogen and oxygen atoms in total. The molecular formula is C18H21N3O4. The molecule has 2 bridgehead atoms. The van der Waals surface area contributed by atoms with Crippen molar-refractivity contribution >= 4 is 23.6 Å². The van der Waals surface area contributed by atoms with Crippen LogP contribution in [0.2, 0.25) is 0 Å². The number of carbonyl (C=O) groups is 3. The molecule has 3 N–H and O–H groups in total. The second-order valence-corrected chi connectivity index (χ2v) is 7.30. The first-order valence-electron chi connectivity index (χ1n) is 8.68. The number of benzene rings is 1. The van der Waals surface area contributed by atoms with Crippen molar-refractivity contribution in [1.82, 2.24) is 10.2 Å². The van der Waals surface area contributed by atoms with E-state index in [9.17, 15) is 14.4 Å². The molecule has 7 heteroatoms. The number of piperidine rings is 3. The fraction of sp³-hybridized carbons (Fsp3) is 0.500. The van der Waals surface area contributed by atoms with E-state index < -0.39 is 11.6 Å². The Labute approximate surface area is 145 Å². The Bertz CT molecular complexity index is 716. The van der Waals surface area contributed by atoms with Crippen LogP contribution >= 0.6 is 0 Å². The lowest BCUT2D eigenvalue weighted by molar-refractivity contribution is -0.148. The molecule has 0 aromatic heterocycles. The Morgan fingerprint density at radius 3 is 2.32 bits per heavy atom. The zero-order valence-electron chi connectivity index (χ0n) is 13.8. The van der Waals surface area contributed by atoms with Crippen LogP contribution in [0.5, 0.6) is 0 Å². The van der Waals surface area contributed by atoms with Gasteiger partial charge in [-0.25, -0.2) is 4.79 Å². The third-order valence-electron chi connectivity index (χ3n) is 5.76. The van der Waals surface area contributed by atoms with Crippen molar-refractivity contribution < 1.29 is 19.5 Å². The zero-order chi connectivity index (χ0) is 17.6. The number of likely N-dealkylation sites (tertiary alicyclic amines) is 1. The van der Waals surface area contributed by atoms with Gasteiger partial charge in [-0.2, -0.15) is 0 Å². The van der Waals surface area contributed by atoms with Crippen molar-refractivity contribution in [2.24, 2.45) is 5.92 Å². The van der Waals surface area contributed by atoms with Crippen molar-refractivity contribution in [2.75, 3.05) is 18.4 Å². The zero-order valence-corrected chi connectivity index (χ0v) is 13.8. The molecule has 0 unspecified atom stereocenters. The first-order valence-corrected chi connectivity index (χ1v) is 8.68. The molecule has 4 aliphatic rings. The van der Waals surface area contributed by atoms with Gasteiger partial charge in [-0.15, -0.1) is 0 Å². The van der Waals surface area contributed by atoms with E-state index in [0.29, 0.717) is 31.8 Å². The number of anilines is 1. The number of imide groups is 1. The Hall–Kier alpha value is -2.57. The number of carboxylic acid groups (broad SMARTS) is 1. The summed E-state index contributed by atoms with van der Waals surface area (Å²) in [5.41, 5.74) is 1.42. The SMILES string of the molecule is O=C1NC(=O)C2(Nc3ccc(C4CCN(C(=O)O)CC4)cc3)CC1C2. The van der Waals surface area contributed by atoms with Gasteiger partial charge in [0.15, 0.2) is 0 Å². The van der Waals surface area contributed by atoms with E-state index in [1.54, 1.807) is 0 Å². The Balaban J connectivity index is 1.39. The van der Waals surface area contributed by atoms with Crippen LogP contribution in [0.25, 0.3) is 0 Å². The van der Waals surface area contributed by atoms with E-state index in [4.69, 9.17) is 5.11 Å². The number of amides is 3. The summed E-state index contributed by atoms with van der Waals surface area (Å²) in [5, 5.41) is 14.7. The van der Waals surface area contributed by atoms with E-state index in [-0.39, 0.29) is 17.7 Å². The smallest absolute Gasteiger partial charge is 0.407 e. The maximum atomic E-state index is 12.1. The largest absolute Gasteiger partial charge is 0.465 e. The summed E-state index contributed by atoms with van der Waals surface area (Å²) in [7, 11) is 0. The van der Waals surface area contributed by atoms with Gasteiger partial charge in [0.1, 0.15) is 5.54 Å². The fourth-order valence-corrected chi connectivity index (χ4v) is 4.16. The second kappa shape index (κ2) is 5.75. The molecule has 4 fully saturated rings. The van der Waals surface area contributed by atoms with Gasteiger partial charge in [0.2, 0.25) is 5.91 Å². The summed E-state index contributed by atoms with van der Waals surface area (Å²) in [5.74, 6) is -0.0720. The predicted octanol–water partition coefficient (Wildman–Crippen LogP) is 1.76. The molecular weight excluding hydrogens is 322 g/mol. The number of nitrogens with zero attached hydrogens (tertiary/aromatic N) is 1. The molecule has 1 aromatic rings. The van der Waals surface area contributed by atoms with Crippen molar-refractivity contribution in [1.29, 1.82) is 0 Å². The molecule has 3 saturated heterocycles. The van der Waals surface area contributed by atoms with Crippen molar-refractivity contribution in [3.05, 3.63) is 29.8 Å². The van der Waals surface area contributed by atoms with Gasteiger partial charge in [-0.3, -0.25) is 14.9 Å². The topological polar surface area (TPSA) is 98.7 Å². The van der Waals surface area contributed by atoms with Gasteiger partial charge in [0.25, 0.3) is 5.91 Å². The maximum Gasteiger partial charge on any atom is 0.407 e. The number of hydrogen-bond donors (Lipinski definition) is 3. The van der Waals surface area contributed by atoms with Gasteiger partial charge in [0.05, 0.1) is 0 Å². The summed E-state index contributed by atoms with van der Waals surface area (Å²) >= 11 is 0. The highest BCUT2D eigenvalue weighted by Crippen LogP contribution is 2.44. The van der Waals surface area contributed by atoms with Gasteiger partial charge < -0.3 is 15.3 Å². The fourth-order valence-electron chi connectivity index (χ4n) is 4.16. The third-order valence-corrected chi connectivity index (χ3v) is 5.76. The van der Waals surface area contributed by atoms with Crippen molar-refractivity contribution in [3.8, 4) is 0 Å². The first-order chi connectivity index (χ1) is 12.0. The quantitative estimate of drug-likeness (QED) is 0.727. The molecule has 3 aliphatic heterocycles. The molecule has 3 amide bonds. The van der Waals surface area contributed by atoms with E-state index in [2.05, 4.69) is 10.6 Å². The van der Waals surface area contributed by atoms with E-state index in [1.807, 2.05) is 24.3 Å². The molecule has 1 aliphatic carbocycles. The third kappa shape index (κ3) is 2.73. The average Bonchev–Trinajstić information content (AvgIpc) is 2.57. The Kier molecular flexibility index (Phi) is 3.67. The predicted molar refractivity (Wildman–Crippen MR) is 90.2 cm³/mol. The molecule has 25 heavy (non-hydrogen) atoms. The summed E-state index contributed by atoms with van der Waals surface area (Å²) < 4.78 is 0. The van der Waals surface area contributed by atoms with E-state index >= 15 is 0 Å². The van der Waals surface area contributed by atoms with Gasteiger partial charge in [-0.1, -0.05) is 12.1 Å². The lowest BCUT2D eigenvalue weighted by atomic mass is 9.64. The monoisotopic (exact) mass is 343 g/mol. The number of hydrogen-bond acceptors (Lipinski definition) is 4. The molecule has 132 valence electrons. The first kappa shape index (κ1) is 15.9. The van der Waals surface area contributed by atoms with Gasteiger partial charge in [-0.05, 0) is 49.3 Å². The minimum absolute atomic E-state index is 0.0520. The van der Waals surface area contributed by atoms with E-state index in [1.165, 1.54) is 10.5 Å². The molecule has 1 saturated carbocycles. The normalized spacial score (nSPS) is 29.0. The Morgan fingerprint density at radius 1 is 1.12 bits per heavy atom. The minimum atomic E-state index is -0.847. The molecule has 3 heterocycles. The van der Waals surface area contributed by atoms with Crippen LogP contribution in [0.1, 0.15) is 37.2 Å². The minimum Gasteiger partial charge on any atom is -0.465 e. The molecule has 1 aromatic carbocycles.